The molecule has 0 aliphatic rings. The van der Waals surface area contributed by atoms with Crippen LogP contribution in [-0.4, -0.2) is 6.47 Å². The van der Waals surface area contributed by atoms with Gasteiger partial charge in [-0.25, -0.2) is 0 Å². The van der Waals surface area contributed by atoms with Crippen molar-refractivity contribution in [3.05, 3.63) is 42.0 Å². The second kappa shape index (κ2) is 3.50. The van der Waals surface area contributed by atoms with Crippen molar-refractivity contribution in [2.24, 2.45) is 0 Å². The van der Waals surface area contributed by atoms with E-state index < -0.39 is 0 Å². The molecule has 0 saturated carbocycles. The zero-order valence-electron chi connectivity index (χ0n) is 7.86. The Morgan fingerprint density at radius 3 is 2.79 bits per heavy atom. The van der Waals surface area contributed by atoms with Gasteiger partial charge >= 0.3 is 0 Å². The fourth-order valence-electron chi connectivity index (χ4n) is 1.59. The molecule has 0 atom stereocenters. The summed E-state index contributed by atoms with van der Waals surface area (Å²) in [5.41, 5.74) is 1.11. The Labute approximate surface area is 82.1 Å². The Balaban J connectivity index is 2.65. The summed E-state index contributed by atoms with van der Waals surface area (Å²) >= 11 is 0. The molecule has 0 aromatic heterocycles. The monoisotopic (exact) mass is 186 g/mol. The summed E-state index contributed by atoms with van der Waals surface area (Å²) in [5, 5.41) is 2.27. The van der Waals surface area contributed by atoms with Gasteiger partial charge in [-0.15, -0.1) is 0 Å². The highest BCUT2D eigenvalue weighted by Crippen LogP contribution is 2.24. The maximum Gasteiger partial charge on any atom is 0.298 e. The molecule has 14 heavy (non-hydrogen) atoms. The normalized spacial score (nSPS) is 10.1. The number of hydrogen-bond acceptors (Lipinski definition) is 2. The Hall–Kier alpha value is -1.83. The number of fused-ring (bicyclic) bond motifs is 1. The second-order valence-corrected chi connectivity index (χ2v) is 3.18. The van der Waals surface area contributed by atoms with E-state index in [-0.39, 0.29) is 0 Å². The van der Waals surface area contributed by atoms with Gasteiger partial charge in [0, 0.05) is 0 Å². The summed E-state index contributed by atoms with van der Waals surface area (Å²) in [7, 11) is 0. The Kier molecular flexibility index (Phi) is 2.19. The van der Waals surface area contributed by atoms with Crippen molar-refractivity contribution in [2.75, 3.05) is 0 Å². The SMILES string of the molecule is Cc1cc(OC=O)cc2ccccc12. The summed E-state index contributed by atoms with van der Waals surface area (Å²) in [6.07, 6.45) is 0. The van der Waals surface area contributed by atoms with Gasteiger partial charge in [0.15, 0.2) is 0 Å². The first-order valence-electron chi connectivity index (χ1n) is 4.41. The minimum absolute atomic E-state index is 0.448. The van der Waals surface area contributed by atoms with Gasteiger partial charge in [0.05, 0.1) is 0 Å². The predicted molar refractivity (Wildman–Crippen MR) is 55.4 cm³/mol. The highest BCUT2D eigenvalue weighted by Gasteiger charge is 2.00. The van der Waals surface area contributed by atoms with Gasteiger partial charge < -0.3 is 4.74 Å². The molecule has 0 saturated heterocycles. The van der Waals surface area contributed by atoms with E-state index in [9.17, 15) is 4.79 Å². The highest BCUT2D eigenvalue weighted by molar-refractivity contribution is 5.87. The maximum absolute atomic E-state index is 10.2. The molecule has 0 bridgehead atoms. The number of carbonyl (C=O) groups is 1. The molecular weight excluding hydrogens is 176 g/mol. The van der Waals surface area contributed by atoms with Crippen LogP contribution in [0.3, 0.4) is 0 Å². The van der Waals surface area contributed by atoms with E-state index in [2.05, 4.69) is 6.07 Å². The molecule has 2 aromatic carbocycles. The van der Waals surface area contributed by atoms with Gasteiger partial charge in [-0.1, -0.05) is 24.3 Å². The fraction of sp³-hybridized carbons (Fsp3) is 0.0833. The summed E-state index contributed by atoms with van der Waals surface area (Å²) in [5.74, 6) is 0.594. The van der Waals surface area contributed by atoms with E-state index in [1.54, 1.807) is 0 Å². The van der Waals surface area contributed by atoms with Crippen LogP contribution in [0.25, 0.3) is 10.8 Å². The average Bonchev–Trinajstić information content (AvgIpc) is 2.18. The van der Waals surface area contributed by atoms with E-state index in [1.807, 2.05) is 37.3 Å². The van der Waals surface area contributed by atoms with E-state index in [1.165, 1.54) is 5.39 Å². The van der Waals surface area contributed by atoms with Crippen LogP contribution in [0, 0.1) is 6.92 Å². The van der Waals surface area contributed by atoms with Crippen molar-refractivity contribution >= 4 is 17.2 Å². The standard InChI is InChI=1S/C12H10O2/c1-9-6-11(14-8-13)7-10-4-2-3-5-12(9)10/h2-8H,1H3. The number of ether oxygens (including phenoxy) is 1. The van der Waals surface area contributed by atoms with Crippen LogP contribution in [0.15, 0.2) is 36.4 Å². The van der Waals surface area contributed by atoms with Crippen LogP contribution in [-0.2, 0) is 4.79 Å². The van der Waals surface area contributed by atoms with Crippen molar-refractivity contribution in [2.45, 2.75) is 6.92 Å². The topological polar surface area (TPSA) is 26.3 Å². The fourth-order valence-corrected chi connectivity index (χ4v) is 1.59. The minimum atomic E-state index is 0.448. The van der Waals surface area contributed by atoms with Crippen LogP contribution in [0.1, 0.15) is 5.56 Å². The van der Waals surface area contributed by atoms with Crippen LogP contribution >= 0.6 is 0 Å². The predicted octanol–water partition coefficient (Wildman–Crippen LogP) is 2.68. The van der Waals surface area contributed by atoms with E-state index in [0.717, 1.165) is 10.9 Å². The molecule has 2 nitrogen and oxygen atoms in total. The van der Waals surface area contributed by atoms with Crippen molar-refractivity contribution < 1.29 is 9.53 Å². The number of rotatable bonds is 2. The first-order chi connectivity index (χ1) is 6.81. The lowest BCUT2D eigenvalue weighted by molar-refractivity contribution is -0.120. The zero-order valence-corrected chi connectivity index (χ0v) is 7.86. The van der Waals surface area contributed by atoms with Gasteiger partial charge in [0.1, 0.15) is 5.75 Å². The molecule has 0 spiro atoms. The first kappa shape index (κ1) is 8.75. The highest BCUT2D eigenvalue weighted by atomic mass is 16.5. The number of carbonyl (C=O) groups excluding carboxylic acids is 1. The van der Waals surface area contributed by atoms with Gasteiger partial charge in [0.2, 0.25) is 0 Å². The Morgan fingerprint density at radius 2 is 2.00 bits per heavy atom. The summed E-state index contributed by atoms with van der Waals surface area (Å²) in [4.78, 5) is 10.2. The molecule has 0 aliphatic carbocycles. The van der Waals surface area contributed by atoms with E-state index in [4.69, 9.17) is 4.74 Å². The molecule has 0 amide bonds. The molecule has 2 heteroatoms. The van der Waals surface area contributed by atoms with Crippen molar-refractivity contribution in [1.82, 2.24) is 0 Å². The molecule has 70 valence electrons. The average molecular weight is 186 g/mol. The van der Waals surface area contributed by atoms with E-state index in [0.29, 0.717) is 12.2 Å². The van der Waals surface area contributed by atoms with Gasteiger partial charge in [-0.3, -0.25) is 4.79 Å². The first-order valence-corrected chi connectivity index (χ1v) is 4.41. The lowest BCUT2D eigenvalue weighted by atomic mass is 10.1. The van der Waals surface area contributed by atoms with Gasteiger partial charge in [0.25, 0.3) is 6.47 Å². The zero-order chi connectivity index (χ0) is 9.97. The van der Waals surface area contributed by atoms with Gasteiger partial charge in [-0.2, -0.15) is 0 Å². The molecule has 0 unspecified atom stereocenters. The van der Waals surface area contributed by atoms with Crippen molar-refractivity contribution in [3.8, 4) is 5.75 Å². The third-order valence-corrected chi connectivity index (χ3v) is 2.23. The van der Waals surface area contributed by atoms with Crippen LogP contribution in [0.2, 0.25) is 0 Å². The summed E-state index contributed by atoms with van der Waals surface area (Å²) < 4.78 is 4.81. The Morgan fingerprint density at radius 1 is 1.21 bits per heavy atom. The van der Waals surface area contributed by atoms with Crippen molar-refractivity contribution in [3.63, 3.8) is 0 Å². The molecule has 0 fully saturated rings. The Bertz CT molecular complexity index is 475. The minimum Gasteiger partial charge on any atom is -0.429 e. The summed E-state index contributed by atoms with van der Waals surface area (Å²) in [6.45, 7) is 2.45. The second-order valence-electron chi connectivity index (χ2n) is 3.18. The van der Waals surface area contributed by atoms with Crippen LogP contribution < -0.4 is 4.74 Å². The molecule has 0 heterocycles. The summed E-state index contributed by atoms with van der Waals surface area (Å²) in [6, 6.07) is 11.7. The molecule has 2 aromatic rings. The lowest BCUT2D eigenvalue weighted by Crippen LogP contribution is -1.89. The van der Waals surface area contributed by atoms with Crippen LogP contribution in [0.5, 0.6) is 5.75 Å². The third kappa shape index (κ3) is 1.46. The smallest absolute Gasteiger partial charge is 0.298 e. The molecule has 0 N–H and O–H groups in total. The van der Waals surface area contributed by atoms with Crippen LogP contribution in [0.4, 0.5) is 0 Å². The quantitative estimate of drug-likeness (QED) is 0.674. The molecule has 0 aliphatic heterocycles. The third-order valence-electron chi connectivity index (χ3n) is 2.23. The molecule has 2 rings (SSSR count). The van der Waals surface area contributed by atoms with E-state index >= 15 is 0 Å². The number of benzene rings is 2. The van der Waals surface area contributed by atoms with Crippen molar-refractivity contribution in [1.29, 1.82) is 0 Å². The molecular formula is C12H10O2. The number of aryl methyl sites for hydroxylation is 1. The maximum atomic E-state index is 10.2. The lowest BCUT2D eigenvalue weighted by Gasteiger charge is -2.04. The molecule has 0 radical (unpaired) electrons. The largest absolute Gasteiger partial charge is 0.429 e. The number of hydrogen-bond donors (Lipinski definition) is 0. The van der Waals surface area contributed by atoms with Gasteiger partial charge in [-0.05, 0) is 35.4 Å².